The lowest BCUT2D eigenvalue weighted by Crippen LogP contribution is -2.39. The molecule has 4 aromatic rings. The van der Waals surface area contributed by atoms with Crippen molar-refractivity contribution in [3.05, 3.63) is 46.0 Å². The fourth-order valence-corrected chi connectivity index (χ4v) is 4.57. The van der Waals surface area contributed by atoms with Crippen LogP contribution in [0.2, 0.25) is 0 Å². The van der Waals surface area contributed by atoms with E-state index in [-0.39, 0.29) is 33.6 Å². The Bertz CT molecular complexity index is 1400. The Morgan fingerprint density at radius 3 is 2.59 bits per heavy atom. The standard InChI is InChI=1S/C21H18N6O4S/c1-9(2)13-12(8-22)19(24)25-20-14(13)15(23)18(32-20)17(28)16-21(29)31-26-27(16)10-4-6-11(30-3)7-5-10/h4-7,9H,1-3H3,(H4-,23,24,25,26,28,29). The number of aromatic nitrogens is 3. The summed E-state index contributed by atoms with van der Waals surface area (Å²) >= 11 is 0.997. The van der Waals surface area contributed by atoms with Crippen LogP contribution in [0.25, 0.3) is 15.9 Å². The Labute approximate surface area is 186 Å². The fourth-order valence-electron chi connectivity index (χ4n) is 3.51. The summed E-state index contributed by atoms with van der Waals surface area (Å²) in [6.07, 6.45) is 0. The second-order valence-corrected chi connectivity index (χ2v) is 8.22. The summed E-state index contributed by atoms with van der Waals surface area (Å²) in [6.45, 7) is 3.78. The first kappa shape index (κ1) is 21.1. The molecule has 0 amide bonds. The summed E-state index contributed by atoms with van der Waals surface area (Å²) in [5.74, 6) is -1.02. The zero-order chi connectivity index (χ0) is 23.2. The SMILES string of the molecule is COc1ccc(-[n+]2noc([O-])c2C(=O)c2sc3nc(N)c(C#N)c(C(C)C)c3c2N)cc1. The van der Waals surface area contributed by atoms with Gasteiger partial charge >= 0.3 is 5.69 Å². The van der Waals surface area contributed by atoms with Gasteiger partial charge in [-0.3, -0.25) is 4.79 Å². The lowest BCUT2D eigenvalue weighted by atomic mass is 9.94. The Kier molecular flexibility index (Phi) is 5.15. The van der Waals surface area contributed by atoms with Crippen LogP contribution in [0.4, 0.5) is 11.5 Å². The first-order valence-corrected chi connectivity index (χ1v) is 10.3. The van der Waals surface area contributed by atoms with E-state index in [1.807, 2.05) is 13.8 Å². The summed E-state index contributed by atoms with van der Waals surface area (Å²) in [5, 5.41) is 26.1. The molecule has 0 aliphatic rings. The molecular weight excluding hydrogens is 432 g/mol. The molecule has 0 aliphatic carbocycles. The lowest BCUT2D eigenvalue weighted by Gasteiger charge is -2.12. The molecule has 32 heavy (non-hydrogen) atoms. The number of nitrogens with two attached hydrogens (primary N) is 2. The molecule has 0 unspecified atom stereocenters. The predicted molar refractivity (Wildman–Crippen MR) is 115 cm³/mol. The first-order valence-electron chi connectivity index (χ1n) is 9.48. The van der Waals surface area contributed by atoms with E-state index in [0.717, 1.165) is 16.0 Å². The maximum atomic E-state index is 13.4. The number of benzene rings is 1. The molecule has 162 valence electrons. The Morgan fingerprint density at radius 2 is 2.00 bits per heavy atom. The van der Waals surface area contributed by atoms with Crippen LogP contribution in [0.15, 0.2) is 28.8 Å². The van der Waals surface area contributed by atoms with Gasteiger partial charge in [0.05, 0.1) is 23.6 Å². The van der Waals surface area contributed by atoms with Crippen molar-refractivity contribution in [2.45, 2.75) is 19.8 Å². The number of thiophene rings is 1. The fraction of sp³-hybridized carbons (Fsp3) is 0.190. The molecule has 0 spiro atoms. The van der Waals surface area contributed by atoms with Crippen molar-refractivity contribution in [1.82, 2.24) is 10.3 Å². The molecule has 0 bridgehead atoms. The van der Waals surface area contributed by atoms with E-state index in [1.54, 1.807) is 24.3 Å². The highest BCUT2D eigenvalue weighted by molar-refractivity contribution is 7.21. The number of rotatable bonds is 5. The molecule has 11 heteroatoms. The van der Waals surface area contributed by atoms with Gasteiger partial charge in [0, 0.05) is 17.5 Å². The van der Waals surface area contributed by atoms with Gasteiger partial charge in [0.15, 0.2) is 5.95 Å². The van der Waals surface area contributed by atoms with Gasteiger partial charge in [-0.15, -0.1) is 11.3 Å². The number of methoxy groups -OCH3 is 1. The zero-order valence-corrected chi connectivity index (χ0v) is 18.2. The van der Waals surface area contributed by atoms with Crippen LogP contribution in [0, 0.1) is 11.3 Å². The molecular formula is C21H18N6O4S. The maximum Gasteiger partial charge on any atom is 0.312 e. The van der Waals surface area contributed by atoms with Gasteiger partial charge < -0.3 is 25.8 Å². The molecule has 0 saturated heterocycles. The summed E-state index contributed by atoms with van der Waals surface area (Å²) < 4.78 is 11.0. The molecule has 4 rings (SSSR count). The third-order valence-corrected chi connectivity index (χ3v) is 6.08. The van der Waals surface area contributed by atoms with E-state index in [2.05, 4.69) is 16.3 Å². The van der Waals surface area contributed by atoms with E-state index in [9.17, 15) is 15.2 Å². The summed E-state index contributed by atoms with van der Waals surface area (Å²) in [7, 11) is 1.52. The van der Waals surface area contributed by atoms with Gasteiger partial charge in [-0.2, -0.15) is 5.26 Å². The molecule has 1 aromatic carbocycles. The van der Waals surface area contributed by atoms with E-state index in [0.29, 0.717) is 27.2 Å². The van der Waals surface area contributed by atoms with Crippen LogP contribution in [-0.2, 0) is 0 Å². The van der Waals surface area contributed by atoms with E-state index >= 15 is 0 Å². The lowest BCUT2D eigenvalue weighted by molar-refractivity contribution is -0.672. The summed E-state index contributed by atoms with van der Waals surface area (Å²) in [4.78, 5) is 18.2. The average molecular weight is 450 g/mol. The van der Waals surface area contributed by atoms with Gasteiger partial charge in [0.2, 0.25) is 5.69 Å². The number of nitriles is 1. The average Bonchev–Trinajstić information content (AvgIpc) is 3.32. The molecule has 0 atom stereocenters. The molecule has 0 fully saturated rings. The van der Waals surface area contributed by atoms with Gasteiger partial charge in [-0.25, -0.2) is 4.98 Å². The number of carbonyl (C=O) groups is 1. The second-order valence-electron chi connectivity index (χ2n) is 7.23. The number of carbonyl (C=O) groups excluding carboxylic acids is 1. The van der Waals surface area contributed by atoms with Crippen molar-refractivity contribution in [3.63, 3.8) is 0 Å². The Morgan fingerprint density at radius 1 is 1.31 bits per heavy atom. The van der Waals surface area contributed by atoms with E-state index in [4.69, 9.17) is 20.7 Å². The van der Waals surface area contributed by atoms with E-state index in [1.165, 1.54) is 7.11 Å². The van der Waals surface area contributed by atoms with Gasteiger partial charge in [-0.05, 0) is 28.3 Å². The topological polar surface area (TPSA) is 168 Å². The smallest absolute Gasteiger partial charge is 0.312 e. The van der Waals surface area contributed by atoms with E-state index < -0.39 is 11.7 Å². The summed E-state index contributed by atoms with van der Waals surface area (Å²) in [5.41, 5.74) is 13.4. The molecule has 0 radical (unpaired) electrons. The first-order chi connectivity index (χ1) is 15.3. The van der Waals surface area contributed by atoms with Crippen molar-refractivity contribution < 1.29 is 23.8 Å². The number of nitrogen functional groups attached to an aromatic ring is 2. The number of ketones is 1. The third-order valence-electron chi connectivity index (χ3n) is 4.98. The highest BCUT2D eigenvalue weighted by atomic mass is 32.1. The Balaban J connectivity index is 1.91. The number of hydrogen-bond donors (Lipinski definition) is 2. The molecule has 0 aliphatic heterocycles. The van der Waals surface area contributed by atoms with Crippen LogP contribution in [0.3, 0.4) is 0 Å². The van der Waals surface area contributed by atoms with Gasteiger partial charge in [0.25, 0.3) is 5.78 Å². The Hall–Kier alpha value is -4.17. The number of fused-ring (bicyclic) bond motifs is 1. The second kappa shape index (κ2) is 7.82. The molecule has 3 heterocycles. The molecule has 0 saturated carbocycles. The number of anilines is 2. The number of pyridine rings is 1. The minimum Gasteiger partial charge on any atom is -0.539 e. The van der Waals surface area contributed by atoms with Crippen LogP contribution < -0.4 is 26.0 Å². The minimum atomic E-state index is -0.906. The maximum absolute atomic E-state index is 13.4. The quantitative estimate of drug-likeness (QED) is 0.341. The van der Waals surface area contributed by atoms with Crippen molar-refractivity contribution in [1.29, 1.82) is 5.26 Å². The highest BCUT2D eigenvalue weighted by Crippen LogP contribution is 2.41. The summed E-state index contributed by atoms with van der Waals surface area (Å²) in [6, 6.07) is 8.65. The van der Waals surface area contributed by atoms with Gasteiger partial charge in [-0.1, -0.05) is 13.8 Å². The number of ether oxygens (including phenoxy) is 1. The third kappa shape index (κ3) is 3.17. The van der Waals surface area contributed by atoms with Crippen LogP contribution in [0.5, 0.6) is 11.7 Å². The van der Waals surface area contributed by atoms with Crippen molar-refractivity contribution in [3.8, 4) is 23.5 Å². The minimum absolute atomic E-state index is 0.0618. The van der Waals surface area contributed by atoms with Crippen molar-refractivity contribution >= 4 is 38.8 Å². The highest BCUT2D eigenvalue weighted by Gasteiger charge is 2.33. The van der Waals surface area contributed by atoms with Crippen molar-refractivity contribution in [2.24, 2.45) is 0 Å². The van der Waals surface area contributed by atoms with Crippen molar-refractivity contribution in [2.75, 3.05) is 18.6 Å². The molecule has 10 nitrogen and oxygen atoms in total. The van der Waals surface area contributed by atoms with Crippen LogP contribution in [0.1, 0.15) is 46.3 Å². The van der Waals surface area contributed by atoms with Crippen LogP contribution in [-0.4, -0.2) is 23.1 Å². The monoisotopic (exact) mass is 450 g/mol. The largest absolute Gasteiger partial charge is 0.539 e. The molecule has 4 N–H and O–H groups in total. The number of hydrogen-bond acceptors (Lipinski definition) is 10. The molecule has 3 aromatic heterocycles. The normalized spacial score (nSPS) is 11.1. The van der Waals surface area contributed by atoms with Gasteiger partial charge in [0.1, 0.15) is 27.3 Å². The zero-order valence-electron chi connectivity index (χ0n) is 17.4. The predicted octanol–water partition coefficient (Wildman–Crippen LogP) is 2.03. The number of nitrogens with zero attached hydrogens (tertiary/aromatic N) is 4. The van der Waals surface area contributed by atoms with Crippen LogP contribution >= 0.6 is 11.3 Å².